The van der Waals surface area contributed by atoms with Crippen molar-refractivity contribution < 1.29 is 4.79 Å². The molecule has 0 aromatic rings. The summed E-state index contributed by atoms with van der Waals surface area (Å²) in [5, 5.41) is 0. The molecule has 2 heteroatoms. The van der Waals surface area contributed by atoms with Crippen LogP contribution in [0.1, 0.15) is 20.8 Å². The van der Waals surface area contributed by atoms with Gasteiger partial charge < -0.3 is 5.73 Å². The number of carbonyl (C=O) groups excluding carboxylic acids is 1. The molecule has 7 heavy (non-hydrogen) atoms. The average Bonchev–Trinajstić information content (AvgIpc) is 1.35. The second-order valence-corrected chi connectivity index (χ2v) is 1.24. The summed E-state index contributed by atoms with van der Waals surface area (Å²) in [7, 11) is 0. The number of hydrogen-bond acceptors (Lipinski definition) is 2. The monoisotopic (exact) mass is 103 g/mol. The zero-order valence-corrected chi connectivity index (χ0v) is 3.90. The minimum absolute atomic E-state index is 0. The Hall–Kier alpha value is -0.370. The highest BCUT2D eigenvalue weighted by atomic mass is 16.1. The summed E-state index contributed by atoms with van der Waals surface area (Å²) < 4.78 is 0. The van der Waals surface area contributed by atoms with E-state index in [1.807, 2.05) is 0 Å². The van der Waals surface area contributed by atoms with Crippen LogP contribution in [0.5, 0.6) is 0 Å². The lowest BCUT2D eigenvalue weighted by Gasteiger charge is -1.81. The Morgan fingerprint density at radius 1 is 1.71 bits per heavy atom. The molecule has 0 aromatic carbocycles. The van der Waals surface area contributed by atoms with Gasteiger partial charge in [-0.15, -0.1) is 0 Å². The summed E-state index contributed by atoms with van der Waals surface area (Å²) in [5.74, 6) is 0.164. The van der Waals surface area contributed by atoms with E-state index < -0.39 is 0 Å². The number of hydrogen-bond donors (Lipinski definition) is 1. The zero-order valence-electron chi connectivity index (χ0n) is 3.90. The summed E-state index contributed by atoms with van der Waals surface area (Å²) in [4.78, 5) is 9.96. The Kier molecular flexibility index (Phi) is 7.88. The lowest BCUT2D eigenvalue weighted by atomic mass is 10.3. The van der Waals surface area contributed by atoms with Gasteiger partial charge in [0.25, 0.3) is 0 Å². The van der Waals surface area contributed by atoms with Gasteiger partial charge in [-0.25, -0.2) is 0 Å². The largest absolute Gasteiger partial charge is 0.330 e. The van der Waals surface area contributed by atoms with Crippen LogP contribution in [0.15, 0.2) is 0 Å². The number of carbonyl (C=O) groups is 1. The SMILES string of the molecule is C.CC(=O)CCN. The van der Waals surface area contributed by atoms with Crippen LogP contribution < -0.4 is 5.73 Å². The molecule has 0 atom stereocenters. The molecule has 0 aromatic heterocycles. The standard InChI is InChI=1S/C4H9NO.CH4/c1-4(6)2-3-5;/h2-3,5H2,1H3;1H4. The van der Waals surface area contributed by atoms with Gasteiger partial charge in [0.15, 0.2) is 0 Å². The van der Waals surface area contributed by atoms with Gasteiger partial charge in [-0.3, -0.25) is 4.79 Å². The summed E-state index contributed by atoms with van der Waals surface area (Å²) in [6.45, 7) is 2.02. The van der Waals surface area contributed by atoms with E-state index in [0.717, 1.165) is 0 Å². The topological polar surface area (TPSA) is 43.1 Å². The smallest absolute Gasteiger partial charge is 0.131 e. The minimum atomic E-state index is 0. The van der Waals surface area contributed by atoms with Crippen LogP contribution in [0.2, 0.25) is 0 Å². The van der Waals surface area contributed by atoms with E-state index in [1.54, 1.807) is 0 Å². The fraction of sp³-hybridized carbons (Fsp3) is 0.800. The van der Waals surface area contributed by atoms with Crippen molar-refractivity contribution >= 4 is 5.78 Å². The van der Waals surface area contributed by atoms with Crippen molar-refractivity contribution in [3.63, 3.8) is 0 Å². The molecule has 2 nitrogen and oxygen atoms in total. The van der Waals surface area contributed by atoms with Crippen molar-refractivity contribution in [1.29, 1.82) is 0 Å². The van der Waals surface area contributed by atoms with Gasteiger partial charge in [0.2, 0.25) is 0 Å². The molecule has 0 aliphatic carbocycles. The second kappa shape index (κ2) is 5.63. The second-order valence-electron chi connectivity index (χ2n) is 1.24. The molecule has 0 spiro atoms. The lowest BCUT2D eigenvalue weighted by Crippen LogP contribution is -2.03. The van der Waals surface area contributed by atoms with Crippen molar-refractivity contribution in [3.05, 3.63) is 0 Å². The van der Waals surface area contributed by atoms with Gasteiger partial charge in [-0.05, 0) is 13.5 Å². The van der Waals surface area contributed by atoms with Gasteiger partial charge in [-0.2, -0.15) is 0 Å². The van der Waals surface area contributed by atoms with Crippen LogP contribution in [0.3, 0.4) is 0 Å². The molecule has 0 amide bonds. The fourth-order valence-electron chi connectivity index (χ4n) is 0.203. The Bertz CT molecular complexity index is 52.0. The Morgan fingerprint density at radius 2 is 2.14 bits per heavy atom. The molecule has 2 N–H and O–H groups in total. The van der Waals surface area contributed by atoms with Crippen molar-refractivity contribution in [1.82, 2.24) is 0 Å². The first-order valence-corrected chi connectivity index (χ1v) is 1.97. The maximum absolute atomic E-state index is 9.96. The third kappa shape index (κ3) is 10.7. The molecule has 44 valence electrons. The summed E-state index contributed by atoms with van der Waals surface area (Å²) in [6, 6.07) is 0. The molecule has 0 heterocycles. The third-order valence-corrected chi connectivity index (χ3v) is 0.496. The van der Waals surface area contributed by atoms with Crippen molar-refractivity contribution in [2.75, 3.05) is 6.54 Å². The maximum atomic E-state index is 9.96. The first-order chi connectivity index (χ1) is 2.77. The maximum Gasteiger partial charge on any atom is 0.131 e. The normalized spacial score (nSPS) is 7.14. The molecule has 0 radical (unpaired) electrons. The van der Waals surface area contributed by atoms with Gasteiger partial charge in [0.1, 0.15) is 5.78 Å². The van der Waals surface area contributed by atoms with E-state index in [0.29, 0.717) is 13.0 Å². The Balaban J connectivity index is 0. The molecule has 0 aliphatic rings. The summed E-state index contributed by atoms with van der Waals surface area (Å²) >= 11 is 0. The molecule has 0 fully saturated rings. The van der Waals surface area contributed by atoms with Crippen LogP contribution in [0.4, 0.5) is 0 Å². The third-order valence-electron chi connectivity index (χ3n) is 0.496. The Labute approximate surface area is 44.7 Å². The molecular weight excluding hydrogens is 90.1 g/mol. The molecule has 0 bridgehead atoms. The van der Waals surface area contributed by atoms with E-state index in [9.17, 15) is 4.79 Å². The minimum Gasteiger partial charge on any atom is -0.330 e. The van der Waals surface area contributed by atoms with E-state index in [2.05, 4.69) is 0 Å². The van der Waals surface area contributed by atoms with Crippen molar-refractivity contribution in [3.8, 4) is 0 Å². The van der Waals surface area contributed by atoms with E-state index in [4.69, 9.17) is 5.73 Å². The van der Waals surface area contributed by atoms with Gasteiger partial charge in [0, 0.05) is 6.42 Å². The number of ketones is 1. The highest BCUT2D eigenvalue weighted by Crippen LogP contribution is 1.71. The fourth-order valence-corrected chi connectivity index (χ4v) is 0.203. The first kappa shape index (κ1) is 9.80. The van der Waals surface area contributed by atoms with Gasteiger partial charge in [0.05, 0.1) is 0 Å². The average molecular weight is 103 g/mol. The Morgan fingerprint density at radius 3 is 2.14 bits per heavy atom. The summed E-state index contributed by atoms with van der Waals surface area (Å²) in [5.41, 5.74) is 5.01. The molecule has 0 saturated heterocycles. The van der Waals surface area contributed by atoms with Crippen LogP contribution in [0, 0.1) is 0 Å². The number of nitrogens with two attached hydrogens (primary N) is 1. The van der Waals surface area contributed by atoms with Crippen molar-refractivity contribution in [2.45, 2.75) is 20.8 Å². The predicted molar refractivity (Wildman–Crippen MR) is 31.1 cm³/mol. The predicted octanol–water partition coefficient (Wildman–Crippen LogP) is 0.560. The molecule has 0 saturated carbocycles. The quantitative estimate of drug-likeness (QED) is 0.555. The zero-order chi connectivity index (χ0) is 4.99. The van der Waals surface area contributed by atoms with E-state index in [1.165, 1.54) is 6.92 Å². The number of rotatable bonds is 2. The first-order valence-electron chi connectivity index (χ1n) is 1.97. The van der Waals surface area contributed by atoms with Crippen LogP contribution in [-0.2, 0) is 4.79 Å². The molecular formula is C5H13NO. The van der Waals surface area contributed by atoms with Gasteiger partial charge >= 0.3 is 0 Å². The molecule has 0 unspecified atom stereocenters. The van der Waals surface area contributed by atoms with Crippen LogP contribution in [-0.4, -0.2) is 12.3 Å². The summed E-state index contributed by atoms with van der Waals surface area (Å²) in [6.07, 6.45) is 0.514. The highest BCUT2D eigenvalue weighted by molar-refractivity contribution is 5.75. The lowest BCUT2D eigenvalue weighted by molar-refractivity contribution is -0.116. The molecule has 0 rings (SSSR count). The van der Waals surface area contributed by atoms with Crippen molar-refractivity contribution in [2.24, 2.45) is 5.73 Å². The number of Topliss-reactive ketones (excluding diaryl/α,β-unsaturated/α-hetero) is 1. The van der Waals surface area contributed by atoms with Gasteiger partial charge in [-0.1, -0.05) is 7.43 Å². The highest BCUT2D eigenvalue weighted by Gasteiger charge is 1.83. The van der Waals surface area contributed by atoms with E-state index in [-0.39, 0.29) is 13.2 Å². The van der Waals surface area contributed by atoms with Crippen LogP contribution in [0.25, 0.3) is 0 Å². The molecule has 0 aliphatic heterocycles. The van der Waals surface area contributed by atoms with E-state index >= 15 is 0 Å². The van der Waals surface area contributed by atoms with Crippen LogP contribution >= 0.6 is 0 Å².